The zero-order chi connectivity index (χ0) is 13.2. The third-order valence-electron chi connectivity index (χ3n) is 1.96. The van der Waals surface area contributed by atoms with Gasteiger partial charge < -0.3 is 5.32 Å². The van der Waals surface area contributed by atoms with E-state index in [0.29, 0.717) is 0 Å². The fourth-order valence-electron chi connectivity index (χ4n) is 0.991. The second-order valence-electron chi connectivity index (χ2n) is 3.65. The van der Waals surface area contributed by atoms with Crippen molar-refractivity contribution < 1.29 is 22.4 Å². The molecule has 1 N–H and O–H groups in total. The van der Waals surface area contributed by atoms with Crippen molar-refractivity contribution in [2.45, 2.75) is 32.2 Å². The van der Waals surface area contributed by atoms with Gasteiger partial charge in [-0.1, -0.05) is 0 Å². The number of anilines is 1. The van der Waals surface area contributed by atoms with E-state index >= 15 is 0 Å². The van der Waals surface area contributed by atoms with E-state index in [1.165, 1.54) is 16.9 Å². The van der Waals surface area contributed by atoms with Crippen LogP contribution < -0.4 is 5.32 Å². The minimum absolute atomic E-state index is 0.0312. The molecule has 0 bridgehead atoms. The Morgan fingerprint density at radius 3 is 2.47 bits per heavy atom. The number of nitrogens with one attached hydrogen (secondary N) is 1. The number of hydrogen-bond donors (Lipinski definition) is 1. The molecule has 17 heavy (non-hydrogen) atoms. The molecule has 0 fully saturated rings. The van der Waals surface area contributed by atoms with Crippen LogP contribution in [0.2, 0.25) is 0 Å². The van der Waals surface area contributed by atoms with Crippen LogP contribution in [-0.2, 0) is 4.79 Å². The van der Waals surface area contributed by atoms with Gasteiger partial charge in [0.2, 0.25) is 0 Å². The van der Waals surface area contributed by atoms with E-state index < -0.39 is 18.3 Å². The molecule has 0 aliphatic carbocycles. The largest absolute Gasteiger partial charge is 0.383 e. The molecule has 1 aromatic heterocycles. The molecule has 0 spiro atoms. The van der Waals surface area contributed by atoms with Gasteiger partial charge in [0.1, 0.15) is 0 Å². The Balaban J connectivity index is 2.74. The van der Waals surface area contributed by atoms with Gasteiger partial charge in [0.25, 0.3) is 0 Å². The lowest BCUT2D eigenvalue weighted by Crippen LogP contribution is -2.41. The van der Waals surface area contributed by atoms with Crippen LogP contribution in [0, 0.1) is 0 Å². The van der Waals surface area contributed by atoms with Crippen molar-refractivity contribution in [3.8, 4) is 0 Å². The van der Waals surface area contributed by atoms with E-state index in [1.54, 1.807) is 19.2 Å². The average Bonchev–Trinajstić information content (AvgIpc) is 2.65. The quantitative estimate of drug-likeness (QED) is 0.837. The lowest BCUT2D eigenvalue weighted by atomic mass is 10.3. The molecule has 4 nitrogen and oxygen atoms in total. The zero-order valence-electron chi connectivity index (χ0n) is 9.12. The van der Waals surface area contributed by atoms with E-state index in [2.05, 4.69) is 5.10 Å². The highest BCUT2D eigenvalue weighted by Gasteiger charge is 2.49. The average molecular weight is 253 g/mol. The summed E-state index contributed by atoms with van der Waals surface area (Å²) in [4.78, 5) is 10.9. The molecule has 0 aromatic carbocycles. The van der Waals surface area contributed by atoms with Gasteiger partial charge in [0, 0.05) is 18.3 Å². The Labute approximate surface area is 94.6 Å². The second kappa shape index (κ2) is 4.72. The summed E-state index contributed by atoms with van der Waals surface area (Å²) in [7, 11) is 0. The lowest BCUT2D eigenvalue weighted by Gasteiger charge is -2.13. The van der Waals surface area contributed by atoms with Crippen LogP contribution in [0.25, 0.3) is 0 Å². The van der Waals surface area contributed by atoms with E-state index in [-0.39, 0.29) is 11.9 Å². The zero-order valence-corrected chi connectivity index (χ0v) is 9.12. The summed E-state index contributed by atoms with van der Waals surface area (Å²) in [6.45, 7) is 3.57. The van der Waals surface area contributed by atoms with Gasteiger partial charge >= 0.3 is 18.3 Å². The minimum Gasteiger partial charge on any atom is -0.304 e. The van der Waals surface area contributed by atoms with E-state index in [9.17, 15) is 22.4 Å². The SMILES string of the molecule is CC(C)n1ccc(NC(=O)C(F)(F)C(F)F)n1. The molecular weight excluding hydrogens is 242 g/mol. The molecule has 0 aliphatic rings. The normalized spacial score (nSPS) is 12.2. The molecule has 1 amide bonds. The molecule has 1 rings (SSSR count). The van der Waals surface area contributed by atoms with Gasteiger partial charge in [0.05, 0.1) is 0 Å². The summed E-state index contributed by atoms with van der Waals surface area (Å²) >= 11 is 0. The molecule has 96 valence electrons. The maximum atomic E-state index is 12.6. The van der Waals surface area contributed by atoms with Crippen molar-refractivity contribution in [1.29, 1.82) is 0 Å². The number of amides is 1. The summed E-state index contributed by atoms with van der Waals surface area (Å²) < 4.78 is 50.3. The number of nitrogens with zero attached hydrogens (tertiary/aromatic N) is 2. The third kappa shape index (κ3) is 2.95. The Morgan fingerprint density at radius 1 is 1.47 bits per heavy atom. The fraction of sp³-hybridized carbons (Fsp3) is 0.556. The van der Waals surface area contributed by atoms with Crippen LogP contribution in [-0.4, -0.2) is 28.0 Å². The Hall–Kier alpha value is -1.60. The number of hydrogen-bond acceptors (Lipinski definition) is 2. The van der Waals surface area contributed by atoms with Crippen molar-refractivity contribution >= 4 is 11.7 Å². The van der Waals surface area contributed by atoms with Crippen LogP contribution in [0.15, 0.2) is 12.3 Å². The smallest absolute Gasteiger partial charge is 0.304 e. The summed E-state index contributed by atoms with van der Waals surface area (Å²) in [5.74, 6) is -6.98. The predicted molar refractivity (Wildman–Crippen MR) is 52.2 cm³/mol. The number of rotatable bonds is 4. The van der Waals surface area contributed by atoms with Gasteiger partial charge in [-0.15, -0.1) is 0 Å². The van der Waals surface area contributed by atoms with Gasteiger partial charge in [-0.2, -0.15) is 13.9 Å². The highest BCUT2D eigenvalue weighted by atomic mass is 19.3. The topological polar surface area (TPSA) is 46.9 Å². The fourth-order valence-corrected chi connectivity index (χ4v) is 0.991. The van der Waals surface area contributed by atoms with Gasteiger partial charge in [-0.3, -0.25) is 9.48 Å². The lowest BCUT2D eigenvalue weighted by molar-refractivity contribution is -0.163. The minimum atomic E-state index is -4.72. The molecule has 0 radical (unpaired) electrons. The molecular formula is C9H11F4N3O. The number of alkyl halides is 4. The first-order valence-electron chi connectivity index (χ1n) is 4.77. The Kier molecular flexibility index (Phi) is 3.74. The number of aromatic nitrogens is 2. The highest BCUT2D eigenvalue weighted by Crippen LogP contribution is 2.24. The van der Waals surface area contributed by atoms with Crippen LogP contribution in [0.1, 0.15) is 19.9 Å². The highest BCUT2D eigenvalue weighted by molar-refractivity contribution is 5.95. The number of halogens is 4. The van der Waals surface area contributed by atoms with Crippen molar-refractivity contribution in [2.24, 2.45) is 0 Å². The van der Waals surface area contributed by atoms with Gasteiger partial charge in [0.15, 0.2) is 5.82 Å². The van der Waals surface area contributed by atoms with Crippen LogP contribution in [0.3, 0.4) is 0 Å². The maximum Gasteiger partial charge on any atom is 0.383 e. The standard InChI is InChI=1S/C9H11F4N3O/c1-5(2)16-4-3-6(15-16)14-8(17)9(12,13)7(10)11/h3-5,7H,1-2H3,(H,14,15,17). The Morgan fingerprint density at radius 2 is 2.06 bits per heavy atom. The molecule has 8 heteroatoms. The van der Waals surface area contributed by atoms with Crippen molar-refractivity contribution in [3.63, 3.8) is 0 Å². The summed E-state index contributed by atoms with van der Waals surface area (Å²) in [5.41, 5.74) is 0. The second-order valence-corrected chi connectivity index (χ2v) is 3.65. The van der Waals surface area contributed by atoms with Gasteiger partial charge in [-0.25, -0.2) is 8.78 Å². The van der Waals surface area contributed by atoms with Crippen molar-refractivity contribution in [1.82, 2.24) is 9.78 Å². The molecule has 0 unspecified atom stereocenters. The molecule has 0 saturated heterocycles. The number of carbonyl (C=O) groups is 1. The number of carbonyl (C=O) groups excluding carboxylic acids is 1. The summed E-state index contributed by atoms with van der Waals surface area (Å²) in [5, 5.41) is 5.37. The summed E-state index contributed by atoms with van der Waals surface area (Å²) in [6, 6.07) is 1.22. The van der Waals surface area contributed by atoms with Gasteiger partial charge in [-0.05, 0) is 13.8 Å². The van der Waals surface area contributed by atoms with E-state index in [0.717, 1.165) is 0 Å². The van der Waals surface area contributed by atoms with Crippen LogP contribution >= 0.6 is 0 Å². The predicted octanol–water partition coefficient (Wildman–Crippen LogP) is 2.30. The van der Waals surface area contributed by atoms with E-state index in [1.807, 2.05) is 0 Å². The van der Waals surface area contributed by atoms with Crippen LogP contribution in [0.4, 0.5) is 23.4 Å². The Bertz CT molecular complexity index is 403. The molecule has 0 aliphatic heterocycles. The first-order chi connectivity index (χ1) is 7.75. The van der Waals surface area contributed by atoms with Crippen molar-refractivity contribution in [3.05, 3.63) is 12.3 Å². The molecule has 1 heterocycles. The first-order valence-corrected chi connectivity index (χ1v) is 4.77. The third-order valence-corrected chi connectivity index (χ3v) is 1.96. The van der Waals surface area contributed by atoms with E-state index in [4.69, 9.17) is 0 Å². The molecule has 1 aromatic rings. The summed E-state index contributed by atoms with van der Waals surface area (Å²) in [6.07, 6.45) is -2.60. The maximum absolute atomic E-state index is 12.6. The molecule has 0 saturated carbocycles. The molecule has 0 atom stereocenters. The van der Waals surface area contributed by atoms with Crippen LogP contribution in [0.5, 0.6) is 0 Å². The van der Waals surface area contributed by atoms with Crippen molar-refractivity contribution in [2.75, 3.05) is 5.32 Å². The monoisotopic (exact) mass is 253 g/mol. The first kappa shape index (κ1) is 13.5.